The van der Waals surface area contributed by atoms with Crippen molar-refractivity contribution < 1.29 is 4.79 Å². The Labute approximate surface area is 155 Å². The minimum atomic E-state index is 0.0749. The number of carbonyl (C=O) groups is 1. The Bertz CT molecular complexity index is 895. The molecule has 1 aliphatic rings. The molecule has 3 nitrogen and oxygen atoms in total. The van der Waals surface area contributed by atoms with Gasteiger partial charge in [0.15, 0.2) is 0 Å². The van der Waals surface area contributed by atoms with Crippen LogP contribution >= 0.6 is 0 Å². The van der Waals surface area contributed by atoms with E-state index in [-0.39, 0.29) is 11.9 Å². The van der Waals surface area contributed by atoms with Crippen LogP contribution in [0.4, 0.5) is 0 Å². The molecule has 1 saturated carbocycles. The third kappa shape index (κ3) is 3.19. The van der Waals surface area contributed by atoms with Crippen molar-refractivity contribution in [1.29, 1.82) is 0 Å². The van der Waals surface area contributed by atoms with E-state index in [0.717, 1.165) is 19.4 Å². The summed E-state index contributed by atoms with van der Waals surface area (Å²) in [6.45, 7) is 2.51. The van der Waals surface area contributed by atoms with Crippen molar-refractivity contribution in [3.05, 3.63) is 60.2 Å². The van der Waals surface area contributed by atoms with Crippen LogP contribution in [0.3, 0.4) is 0 Å². The van der Waals surface area contributed by atoms with Gasteiger partial charge in [-0.3, -0.25) is 9.69 Å². The van der Waals surface area contributed by atoms with Gasteiger partial charge in [-0.15, -0.1) is 0 Å². The maximum Gasteiger partial charge on any atom is 0.217 e. The van der Waals surface area contributed by atoms with Gasteiger partial charge in [0, 0.05) is 25.6 Å². The van der Waals surface area contributed by atoms with Crippen LogP contribution in [0, 0.1) is 0 Å². The third-order valence-corrected chi connectivity index (χ3v) is 5.72. The molecule has 26 heavy (non-hydrogen) atoms. The van der Waals surface area contributed by atoms with E-state index < -0.39 is 0 Å². The number of fused-ring (bicyclic) bond motifs is 2. The number of likely N-dealkylation sites (N-methyl/N-ethyl adjacent to an activating group) is 1. The van der Waals surface area contributed by atoms with Gasteiger partial charge in [0.25, 0.3) is 0 Å². The minimum Gasteiger partial charge on any atom is -0.352 e. The highest BCUT2D eigenvalue weighted by Gasteiger charge is 2.31. The van der Waals surface area contributed by atoms with Crippen LogP contribution in [0.1, 0.15) is 31.7 Å². The maximum absolute atomic E-state index is 11.5. The lowest BCUT2D eigenvalue weighted by molar-refractivity contribution is -0.120. The molecule has 1 fully saturated rings. The predicted molar refractivity (Wildman–Crippen MR) is 108 cm³/mol. The number of hydrogen-bond donors (Lipinski definition) is 1. The molecular formula is C23H26N2O. The molecule has 134 valence electrons. The molecule has 0 unspecified atom stereocenters. The van der Waals surface area contributed by atoms with Gasteiger partial charge in [0.1, 0.15) is 0 Å². The summed E-state index contributed by atoms with van der Waals surface area (Å²) in [5.74, 6) is 0.0749. The van der Waals surface area contributed by atoms with Crippen LogP contribution in [-0.4, -0.2) is 29.9 Å². The normalized spacial score (nSPS) is 20.1. The van der Waals surface area contributed by atoms with Crippen molar-refractivity contribution in [2.75, 3.05) is 7.05 Å². The first-order valence-corrected chi connectivity index (χ1v) is 9.50. The van der Waals surface area contributed by atoms with E-state index in [2.05, 4.69) is 71.9 Å². The summed E-state index contributed by atoms with van der Waals surface area (Å²) in [4.78, 5) is 14.0. The number of nitrogens with one attached hydrogen (secondary N) is 1. The molecule has 3 aromatic rings. The van der Waals surface area contributed by atoms with E-state index in [1.165, 1.54) is 33.5 Å². The Morgan fingerprint density at radius 1 is 1.04 bits per heavy atom. The van der Waals surface area contributed by atoms with Crippen molar-refractivity contribution >= 4 is 27.5 Å². The molecule has 0 aliphatic heterocycles. The molecule has 1 amide bonds. The summed E-state index contributed by atoms with van der Waals surface area (Å²) in [5, 5.41) is 8.39. The maximum atomic E-state index is 11.5. The SMILES string of the molecule is CC(=O)N[C@@H]1CCC[C@H]1N(C)Cc1c2ccccc2cc2ccccc12. The molecule has 0 heterocycles. The number of hydrogen-bond acceptors (Lipinski definition) is 2. The van der Waals surface area contributed by atoms with E-state index in [1.54, 1.807) is 6.92 Å². The Kier molecular flexibility index (Phi) is 4.64. The van der Waals surface area contributed by atoms with Gasteiger partial charge in [-0.2, -0.15) is 0 Å². The fourth-order valence-corrected chi connectivity index (χ4v) is 4.54. The molecule has 0 radical (unpaired) electrons. The van der Waals surface area contributed by atoms with Gasteiger partial charge in [-0.1, -0.05) is 48.5 Å². The molecular weight excluding hydrogens is 320 g/mol. The van der Waals surface area contributed by atoms with Crippen LogP contribution < -0.4 is 5.32 Å². The lowest BCUT2D eigenvalue weighted by Crippen LogP contribution is -2.46. The number of benzene rings is 3. The Morgan fingerprint density at radius 3 is 2.27 bits per heavy atom. The van der Waals surface area contributed by atoms with E-state index in [4.69, 9.17) is 0 Å². The fourth-order valence-electron chi connectivity index (χ4n) is 4.54. The minimum absolute atomic E-state index is 0.0749. The highest BCUT2D eigenvalue weighted by atomic mass is 16.1. The number of rotatable bonds is 4. The molecule has 1 N–H and O–H groups in total. The average molecular weight is 346 g/mol. The van der Waals surface area contributed by atoms with Crippen LogP contribution in [0.2, 0.25) is 0 Å². The zero-order chi connectivity index (χ0) is 18.1. The second kappa shape index (κ2) is 7.08. The summed E-state index contributed by atoms with van der Waals surface area (Å²) in [6, 6.07) is 20.2. The second-order valence-corrected chi connectivity index (χ2v) is 7.52. The number of nitrogens with zero attached hydrogens (tertiary/aromatic N) is 1. The zero-order valence-corrected chi connectivity index (χ0v) is 15.5. The van der Waals surface area contributed by atoms with Gasteiger partial charge in [0.05, 0.1) is 0 Å². The van der Waals surface area contributed by atoms with Crippen LogP contribution in [0.15, 0.2) is 54.6 Å². The monoisotopic (exact) mass is 346 g/mol. The van der Waals surface area contributed by atoms with Crippen molar-refractivity contribution in [3.63, 3.8) is 0 Å². The molecule has 3 heteroatoms. The first kappa shape index (κ1) is 17.0. The molecule has 1 aliphatic carbocycles. The second-order valence-electron chi connectivity index (χ2n) is 7.52. The topological polar surface area (TPSA) is 32.3 Å². The predicted octanol–water partition coefficient (Wildman–Crippen LogP) is 4.48. The van der Waals surface area contributed by atoms with Gasteiger partial charge in [-0.05, 0) is 59.5 Å². The van der Waals surface area contributed by atoms with Gasteiger partial charge >= 0.3 is 0 Å². The first-order chi connectivity index (χ1) is 12.6. The smallest absolute Gasteiger partial charge is 0.217 e. The Hall–Kier alpha value is -2.39. The van der Waals surface area contributed by atoms with Crippen molar-refractivity contribution in [2.24, 2.45) is 0 Å². The summed E-state index contributed by atoms with van der Waals surface area (Å²) < 4.78 is 0. The van der Waals surface area contributed by atoms with Gasteiger partial charge in [0.2, 0.25) is 5.91 Å². The summed E-state index contributed by atoms with van der Waals surface area (Å²) in [6.07, 6.45) is 3.39. The third-order valence-electron chi connectivity index (χ3n) is 5.72. The van der Waals surface area contributed by atoms with E-state index in [1.807, 2.05) is 0 Å². The van der Waals surface area contributed by atoms with Crippen LogP contribution in [0.25, 0.3) is 21.5 Å². The number of carbonyl (C=O) groups excluding carboxylic acids is 1. The summed E-state index contributed by atoms with van der Waals surface area (Å²) in [5.41, 5.74) is 1.38. The molecule has 0 aromatic heterocycles. The zero-order valence-electron chi connectivity index (χ0n) is 15.5. The molecule has 0 bridgehead atoms. The standard InChI is InChI=1S/C23H26N2O/c1-16(26)24-22-12-7-13-23(22)25(2)15-21-19-10-5-3-8-17(19)14-18-9-4-6-11-20(18)21/h3-6,8-11,14,22-23H,7,12-13,15H2,1-2H3,(H,24,26)/t22-,23-/m1/s1. The van der Waals surface area contributed by atoms with Crippen molar-refractivity contribution in [2.45, 2.75) is 44.8 Å². The van der Waals surface area contributed by atoms with Gasteiger partial charge < -0.3 is 5.32 Å². The molecule has 0 spiro atoms. The average Bonchev–Trinajstić information content (AvgIpc) is 3.09. The largest absolute Gasteiger partial charge is 0.352 e. The van der Waals surface area contributed by atoms with Crippen molar-refractivity contribution in [1.82, 2.24) is 10.2 Å². The fraction of sp³-hybridized carbons (Fsp3) is 0.348. The quantitative estimate of drug-likeness (QED) is 0.706. The van der Waals surface area contributed by atoms with Crippen LogP contribution in [-0.2, 0) is 11.3 Å². The first-order valence-electron chi connectivity index (χ1n) is 9.50. The lowest BCUT2D eigenvalue weighted by atomic mass is 9.96. The van der Waals surface area contributed by atoms with Crippen molar-refractivity contribution in [3.8, 4) is 0 Å². The van der Waals surface area contributed by atoms with Crippen LogP contribution in [0.5, 0.6) is 0 Å². The molecule has 0 saturated heterocycles. The molecule has 4 rings (SSSR count). The highest BCUT2D eigenvalue weighted by molar-refractivity contribution is 6.02. The Morgan fingerprint density at radius 2 is 1.65 bits per heavy atom. The van der Waals surface area contributed by atoms with Gasteiger partial charge in [-0.25, -0.2) is 0 Å². The number of amides is 1. The Balaban J connectivity index is 1.72. The molecule has 2 atom stereocenters. The summed E-state index contributed by atoms with van der Waals surface area (Å²) >= 11 is 0. The van der Waals surface area contributed by atoms with E-state index in [9.17, 15) is 4.79 Å². The van der Waals surface area contributed by atoms with E-state index in [0.29, 0.717) is 6.04 Å². The van der Waals surface area contributed by atoms with E-state index >= 15 is 0 Å². The highest BCUT2D eigenvalue weighted by Crippen LogP contribution is 2.31. The molecule has 3 aromatic carbocycles. The lowest BCUT2D eigenvalue weighted by Gasteiger charge is -2.30. The summed E-state index contributed by atoms with van der Waals surface area (Å²) in [7, 11) is 2.20.